The van der Waals surface area contributed by atoms with E-state index in [9.17, 15) is 4.79 Å². The Balaban J connectivity index is 1.97. The van der Waals surface area contributed by atoms with Crippen LogP contribution >= 0.6 is 22.6 Å². The molecular formula is C26H31IO3. The van der Waals surface area contributed by atoms with Gasteiger partial charge in [-0.3, -0.25) is 0 Å². The van der Waals surface area contributed by atoms with E-state index in [-0.39, 0.29) is 16.8 Å². The minimum Gasteiger partial charge on any atom is -0.465 e. The van der Waals surface area contributed by atoms with Gasteiger partial charge < -0.3 is 9.47 Å². The van der Waals surface area contributed by atoms with Gasteiger partial charge in [-0.1, -0.05) is 39.8 Å². The van der Waals surface area contributed by atoms with E-state index < -0.39 is 0 Å². The maximum atomic E-state index is 11.8. The number of allylic oxidation sites excluding steroid dienone is 1. The predicted octanol–water partition coefficient (Wildman–Crippen LogP) is 7.18. The lowest BCUT2D eigenvalue weighted by Gasteiger charge is -2.42. The smallest absolute Gasteiger partial charge is 0.337 e. The third kappa shape index (κ3) is 4.43. The number of halogens is 1. The summed E-state index contributed by atoms with van der Waals surface area (Å²) in [6.45, 7) is 13.6. The molecule has 2 aromatic carbocycles. The van der Waals surface area contributed by atoms with Gasteiger partial charge in [0.25, 0.3) is 0 Å². The molecule has 3 rings (SSSR count). The van der Waals surface area contributed by atoms with Crippen molar-refractivity contribution < 1.29 is 14.3 Å². The average Bonchev–Trinajstić information content (AvgIpc) is 2.69. The Morgan fingerprint density at radius 1 is 1.03 bits per heavy atom. The van der Waals surface area contributed by atoms with Gasteiger partial charge in [0.1, 0.15) is 5.75 Å². The van der Waals surface area contributed by atoms with Gasteiger partial charge in [-0.2, -0.15) is 0 Å². The van der Waals surface area contributed by atoms with Gasteiger partial charge in [0.2, 0.25) is 0 Å². The fraction of sp³-hybridized carbons (Fsp3) is 0.423. The summed E-state index contributed by atoms with van der Waals surface area (Å²) in [4.78, 5) is 11.8. The van der Waals surface area contributed by atoms with Gasteiger partial charge in [-0.05, 0) is 106 Å². The number of hydrogen-bond acceptors (Lipinski definition) is 3. The van der Waals surface area contributed by atoms with Crippen LogP contribution in [0.1, 0.15) is 80.1 Å². The number of methoxy groups -OCH3 is 1. The number of aryl methyl sites for hydroxylation is 1. The summed E-state index contributed by atoms with van der Waals surface area (Å²) in [5.41, 5.74) is 7.28. The number of hydrogen-bond donors (Lipinski definition) is 0. The van der Waals surface area contributed by atoms with Crippen molar-refractivity contribution in [2.75, 3.05) is 7.11 Å². The van der Waals surface area contributed by atoms with E-state index in [0.717, 1.165) is 9.14 Å². The van der Waals surface area contributed by atoms with Crippen molar-refractivity contribution in [1.82, 2.24) is 0 Å². The predicted molar refractivity (Wildman–Crippen MR) is 131 cm³/mol. The van der Waals surface area contributed by atoms with Crippen LogP contribution in [0.4, 0.5) is 0 Å². The average molecular weight is 518 g/mol. The van der Waals surface area contributed by atoms with Gasteiger partial charge in [-0.25, -0.2) is 4.79 Å². The Morgan fingerprint density at radius 2 is 1.63 bits per heavy atom. The molecule has 0 saturated carbocycles. The van der Waals surface area contributed by atoms with Crippen molar-refractivity contribution in [2.45, 2.75) is 65.2 Å². The van der Waals surface area contributed by atoms with E-state index in [2.05, 4.69) is 76.3 Å². The molecule has 0 amide bonds. The Hall–Kier alpha value is -1.82. The molecule has 30 heavy (non-hydrogen) atoms. The van der Waals surface area contributed by atoms with Crippen LogP contribution in [0, 0.1) is 10.5 Å². The Bertz CT molecular complexity index is 1020. The molecule has 0 N–H and O–H groups in total. The lowest BCUT2D eigenvalue weighted by molar-refractivity contribution is 0.0600. The number of carbonyl (C=O) groups is 1. The molecule has 1 aliphatic rings. The summed E-state index contributed by atoms with van der Waals surface area (Å²) in [7, 11) is 1.38. The Labute approximate surface area is 194 Å². The van der Waals surface area contributed by atoms with Crippen molar-refractivity contribution in [1.29, 1.82) is 0 Å². The quantitative estimate of drug-likeness (QED) is 0.245. The minimum absolute atomic E-state index is 0.165. The molecule has 160 valence electrons. The summed E-state index contributed by atoms with van der Waals surface area (Å²) in [6, 6.07) is 10.1. The standard InChI is InChI=1S/C26H31IO3/c1-16-12-20-21(26(5,6)11-10-25(20,3)4)14-19(16)17(2)15-30-23-13-18(24(28)29-7)8-9-22(23)27/h8-9,12-15H,10-11H2,1-7H3/b17-15+. The summed E-state index contributed by atoms with van der Waals surface area (Å²) in [6.07, 6.45) is 4.18. The minimum atomic E-state index is -0.368. The molecule has 3 nitrogen and oxygen atoms in total. The van der Waals surface area contributed by atoms with Crippen molar-refractivity contribution >= 4 is 34.1 Å². The first-order valence-electron chi connectivity index (χ1n) is 10.3. The first-order chi connectivity index (χ1) is 14.0. The number of esters is 1. The van der Waals surface area contributed by atoms with Crippen LogP contribution in [0.5, 0.6) is 5.75 Å². The molecule has 0 heterocycles. The van der Waals surface area contributed by atoms with E-state index >= 15 is 0 Å². The van der Waals surface area contributed by atoms with Crippen LogP contribution in [-0.4, -0.2) is 13.1 Å². The number of benzene rings is 2. The third-order valence-electron chi connectivity index (χ3n) is 6.34. The lowest BCUT2D eigenvalue weighted by atomic mass is 9.62. The molecular weight excluding hydrogens is 487 g/mol. The molecule has 0 saturated heterocycles. The van der Waals surface area contributed by atoms with Crippen molar-refractivity contribution in [3.05, 3.63) is 68.0 Å². The molecule has 0 fully saturated rings. The summed E-state index contributed by atoms with van der Waals surface area (Å²) in [5.74, 6) is 0.280. The number of ether oxygens (including phenoxy) is 2. The third-order valence-corrected chi connectivity index (χ3v) is 7.23. The Kier molecular flexibility index (Phi) is 6.38. The number of carbonyl (C=O) groups excluding carboxylic acids is 1. The van der Waals surface area contributed by atoms with Crippen molar-refractivity contribution in [3.8, 4) is 5.75 Å². The van der Waals surface area contributed by atoms with Crippen molar-refractivity contribution in [2.24, 2.45) is 0 Å². The van der Waals surface area contributed by atoms with E-state index in [0.29, 0.717) is 11.3 Å². The molecule has 1 aliphatic carbocycles. The largest absolute Gasteiger partial charge is 0.465 e. The molecule has 0 spiro atoms. The van der Waals surface area contributed by atoms with E-state index in [1.165, 1.54) is 42.2 Å². The highest BCUT2D eigenvalue weighted by molar-refractivity contribution is 14.1. The second kappa shape index (κ2) is 8.37. The summed E-state index contributed by atoms with van der Waals surface area (Å²) >= 11 is 2.21. The maximum Gasteiger partial charge on any atom is 0.337 e. The first kappa shape index (κ1) is 22.9. The van der Waals surface area contributed by atoms with Crippen LogP contribution < -0.4 is 4.74 Å². The lowest BCUT2D eigenvalue weighted by Crippen LogP contribution is -2.34. The highest BCUT2D eigenvalue weighted by atomic mass is 127. The monoisotopic (exact) mass is 518 g/mol. The van der Waals surface area contributed by atoms with Gasteiger partial charge in [0, 0.05) is 0 Å². The second-order valence-electron chi connectivity index (χ2n) is 9.54. The normalized spacial score (nSPS) is 17.3. The highest BCUT2D eigenvalue weighted by Crippen LogP contribution is 2.47. The molecule has 0 bridgehead atoms. The van der Waals surface area contributed by atoms with Gasteiger partial charge in [0.15, 0.2) is 0 Å². The summed E-state index contributed by atoms with van der Waals surface area (Å²) in [5, 5.41) is 0. The zero-order valence-corrected chi connectivity index (χ0v) is 21.1. The van der Waals surface area contributed by atoms with Crippen LogP contribution in [-0.2, 0) is 15.6 Å². The summed E-state index contributed by atoms with van der Waals surface area (Å²) < 4.78 is 11.8. The second-order valence-corrected chi connectivity index (χ2v) is 10.7. The highest BCUT2D eigenvalue weighted by Gasteiger charge is 2.37. The van der Waals surface area contributed by atoms with Crippen LogP contribution in [0.25, 0.3) is 5.57 Å². The molecule has 0 aliphatic heterocycles. The fourth-order valence-corrected chi connectivity index (χ4v) is 4.66. The Morgan fingerprint density at radius 3 is 2.23 bits per heavy atom. The van der Waals surface area contributed by atoms with Crippen molar-refractivity contribution in [3.63, 3.8) is 0 Å². The molecule has 2 aromatic rings. The zero-order chi connectivity index (χ0) is 22.3. The van der Waals surface area contributed by atoms with E-state index in [4.69, 9.17) is 9.47 Å². The van der Waals surface area contributed by atoms with E-state index in [1.54, 1.807) is 18.4 Å². The molecule has 0 atom stereocenters. The van der Waals surface area contributed by atoms with Gasteiger partial charge in [0.05, 0.1) is 22.5 Å². The van der Waals surface area contributed by atoms with Crippen LogP contribution in [0.2, 0.25) is 0 Å². The van der Waals surface area contributed by atoms with E-state index in [1.807, 2.05) is 6.07 Å². The first-order valence-corrected chi connectivity index (χ1v) is 11.4. The fourth-order valence-electron chi connectivity index (χ4n) is 4.20. The zero-order valence-electron chi connectivity index (χ0n) is 19.0. The van der Waals surface area contributed by atoms with Crippen LogP contribution in [0.15, 0.2) is 36.6 Å². The topological polar surface area (TPSA) is 35.5 Å². The number of rotatable bonds is 4. The van der Waals surface area contributed by atoms with Gasteiger partial charge >= 0.3 is 5.97 Å². The molecule has 4 heteroatoms. The van der Waals surface area contributed by atoms with Gasteiger partial charge in [-0.15, -0.1) is 0 Å². The SMILES string of the molecule is COC(=O)c1ccc(I)c(O/C=C(\C)c2cc3c(cc2C)C(C)(C)CCC3(C)C)c1. The maximum absolute atomic E-state index is 11.8. The van der Waals surface area contributed by atoms with Crippen LogP contribution in [0.3, 0.4) is 0 Å². The molecule has 0 radical (unpaired) electrons. The molecule has 0 aromatic heterocycles. The number of fused-ring (bicyclic) bond motifs is 1. The molecule has 0 unspecified atom stereocenters.